The largest absolute Gasteiger partial charge is 0.309 e. The summed E-state index contributed by atoms with van der Waals surface area (Å²) in [6.07, 6.45) is 0.679. The second kappa shape index (κ2) is 8.49. The van der Waals surface area contributed by atoms with E-state index in [0.29, 0.717) is 13.0 Å². The van der Waals surface area contributed by atoms with Crippen molar-refractivity contribution in [3.05, 3.63) is 23.8 Å². The smallest absolute Gasteiger partial charge is 0.240 e. The minimum absolute atomic E-state index is 0.0160. The maximum atomic E-state index is 12.8. The van der Waals surface area contributed by atoms with Crippen LogP contribution in [0, 0.1) is 5.92 Å². The van der Waals surface area contributed by atoms with Gasteiger partial charge in [0.15, 0.2) is 0 Å². The lowest BCUT2D eigenvalue weighted by atomic mass is 10.1. The first kappa shape index (κ1) is 21.2. The molecule has 1 aromatic carbocycles. The molecule has 3 rings (SSSR count). The number of carbonyl (C=O) groups excluding carboxylic acids is 1. The van der Waals surface area contributed by atoms with Gasteiger partial charge in [0.05, 0.1) is 4.90 Å². The summed E-state index contributed by atoms with van der Waals surface area (Å²) in [5.74, 6) is 0.221. The lowest BCUT2D eigenvalue weighted by molar-refractivity contribution is -0.116. The normalized spacial score (nSPS) is 22.3. The third-order valence-electron chi connectivity index (χ3n) is 5.70. The van der Waals surface area contributed by atoms with Crippen LogP contribution in [0.4, 0.5) is 5.69 Å². The predicted molar refractivity (Wildman–Crippen MR) is 111 cm³/mol. The topological polar surface area (TPSA) is 73.0 Å². The van der Waals surface area contributed by atoms with Crippen LogP contribution in [0.25, 0.3) is 0 Å². The van der Waals surface area contributed by atoms with E-state index in [1.807, 2.05) is 6.92 Å². The fourth-order valence-corrected chi connectivity index (χ4v) is 5.34. The highest BCUT2D eigenvalue weighted by atomic mass is 32.2. The van der Waals surface area contributed by atoms with Crippen molar-refractivity contribution in [2.75, 3.05) is 51.2 Å². The van der Waals surface area contributed by atoms with Gasteiger partial charge in [0.1, 0.15) is 0 Å². The number of nitrogens with one attached hydrogen (secondary N) is 1. The number of piperazine rings is 1. The third-order valence-corrected chi connectivity index (χ3v) is 7.12. The lowest BCUT2D eigenvalue weighted by Gasteiger charge is -2.33. The van der Waals surface area contributed by atoms with Gasteiger partial charge >= 0.3 is 0 Å². The minimum Gasteiger partial charge on any atom is -0.309 e. The van der Waals surface area contributed by atoms with Gasteiger partial charge in [0.2, 0.25) is 15.9 Å². The van der Waals surface area contributed by atoms with E-state index in [1.165, 1.54) is 0 Å². The minimum atomic E-state index is -3.56. The van der Waals surface area contributed by atoms with E-state index in [9.17, 15) is 13.2 Å². The molecule has 7 nitrogen and oxygen atoms in total. The monoisotopic (exact) mass is 408 g/mol. The molecule has 0 spiro atoms. The van der Waals surface area contributed by atoms with Gasteiger partial charge in [-0.15, -0.1) is 0 Å². The van der Waals surface area contributed by atoms with Crippen LogP contribution in [-0.2, 0) is 21.2 Å². The number of benzene rings is 1. The molecule has 1 fully saturated rings. The standard InChI is InChI=1S/C20H32N4O3S/c1-15(14-23-9-7-22(4)8-10-23)13-21-28(26,27)19-5-6-20-18(12-19)11-16(2)24(20)17(3)25/h5-6,12,15-16,21H,7-11,13-14H2,1-4H3. The Labute approximate surface area is 168 Å². The van der Waals surface area contributed by atoms with Crippen molar-refractivity contribution in [3.63, 3.8) is 0 Å². The van der Waals surface area contributed by atoms with E-state index in [4.69, 9.17) is 0 Å². The van der Waals surface area contributed by atoms with Crippen LogP contribution in [0.1, 0.15) is 26.3 Å². The molecule has 1 aromatic rings. The fraction of sp³-hybridized carbons (Fsp3) is 0.650. The molecule has 0 aromatic heterocycles. The molecule has 2 heterocycles. The third kappa shape index (κ3) is 4.74. The summed E-state index contributed by atoms with van der Waals surface area (Å²) in [4.78, 5) is 18.6. The van der Waals surface area contributed by atoms with Crippen LogP contribution in [0.2, 0.25) is 0 Å². The van der Waals surface area contributed by atoms with E-state index < -0.39 is 10.0 Å². The van der Waals surface area contributed by atoms with Crippen LogP contribution in [0.3, 0.4) is 0 Å². The molecule has 1 N–H and O–H groups in total. The number of rotatable bonds is 6. The van der Waals surface area contributed by atoms with E-state index in [2.05, 4.69) is 28.5 Å². The lowest BCUT2D eigenvalue weighted by Crippen LogP contribution is -2.46. The highest BCUT2D eigenvalue weighted by molar-refractivity contribution is 7.89. The molecule has 0 radical (unpaired) electrons. The molecule has 0 bridgehead atoms. The second-order valence-corrected chi connectivity index (χ2v) is 10.1. The average molecular weight is 409 g/mol. The predicted octanol–water partition coefficient (Wildman–Crippen LogP) is 1.15. The molecule has 2 aliphatic heterocycles. The van der Waals surface area contributed by atoms with Crippen molar-refractivity contribution < 1.29 is 13.2 Å². The molecule has 28 heavy (non-hydrogen) atoms. The number of hydrogen-bond donors (Lipinski definition) is 1. The van der Waals surface area contributed by atoms with Crippen LogP contribution in [0.15, 0.2) is 23.1 Å². The van der Waals surface area contributed by atoms with Crippen molar-refractivity contribution in [1.82, 2.24) is 14.5 Å². The summed E-state index contributed by atoms with van der Waals surface area (Å²) < 4.78 is 28.3. The average Bonchev–Trinajstić information content (AvgIpc) is 2.97. The molecular weight excluding hydrogens is 376 g/mol. The Balaban J connectivity index is 1.61. The Morgan fingerprint density at radius 2 is 1.93 bits per heavy atom. The summed E-state index contributed by atoms with van der Waals surface area (Å²) in [6.45, 7) is 11.1. The Morgan fingerprint density at radius 3 is 2.57 bits per heavy atom. The highest BCUT2D eigenvalue weighted by Gasteiger charge is 2.30. The van der Waals surface area contributed by atoms with Gasteiger partial charge in [-0.05, 0) is 50.1 Å². The van der Waals surface area contributed by atoms with Crippen molar-refractivity contribution >= 4 is 21.6 Å². The fourth-order valence-electron chi connectivity index (χ4n) is 4.13. The quantitative estimate of drug-likeness (QED) is 0.764. The van der Waals surface area contributed by atoms with Crippen LogP contribution in [-0.4, -0.2) is 76.5 Å². The summed E-state index contributed by atoms with van der Waals surface area (Å²) in [7, 11) is -1.44. The van der Waals surface area contributed by atoms with Crippen molar-refractivity contribution in [2.45, 2.75) is 38.1 Å². The molecule has 2 atom stereocenters. The molecule has 156 valence electrons. The van der Waals surface area contributed by atoms with Crippen molar-refractivity contribution in [3.8, 4) is 0 Å². The molecule has 2 unspecified atom stereocenters. The summed E-state index contributed by atoms with van der Waals surface area (Å²) in [5, 5.41) is 0. The van der Waals surface area contributed by atoms with Gasteiger partial charge in [-0.3, -0.25) is 4.79 Å². The number of amides is 1. The first-order valence-corrected chi connectivity index (χ1v) is 11.5. The van der Waals surface area contributed by atoms with Crippen molar-refractivity contribution in [2.24, 2.45) is 5.92 Å². The number of carbonyl (C=O) groups is 1. The molecule has 0 aliphatic carbocycles. The van der Waals surface area contributed by atoms with Gasteiger partial charge < -0.3 is 14.7 Å². The van der Waals surface area contributed by atoms with E-state index in [1.54, 1.807) is 30.0 Å². The van der Waals surface area contributed by atoms with Crippen molar-refractivity contribution in [1.29, 1.82) is 0 Å². The maximum Gasteiger partial charge on any atom is 0.240 e. The number of sulfonamides is 1. The first-order valence-electron chi connectivity index (χ1n) is 10.0. The molecular formula is C20H32N4O3S. The zero-order valence-electron chi connectivity index (χ0n) is 17.3. The molecule has 1 saturated heterocycles. The number of nitrogens with zero attached hydrogens (tertiary/aromatic N) is 3. The number of likely N-dealkylation sites (N-methyl/N-ethyl adjacent to an activating group) is 1. The Kier molecular flexibility index (Phi) is 6.44. The van der Waals surface area contributed by atoms with Gasteiger partial charge in [-0.2, -0.15) is 0 Å². The summed E-state index contributed by atoms with van der Waals surface area (Å²) in [5.41, 5.74) is 1.73. The molecule has 2 aliphatic rings. The van der Waals surface area contributed by atoms with E-state index in [0.717, 1.165) is 44.0 Å². The number of fused-ring (bicyclic) bond motifs is 1. The number of anilines is 1. The Bertz CT molecular complexity index is 819. The van der Waals surface area contributed by atoms with Gasteiger partial charge in [0, 0.05) is 57.9 Å². The SMILES string of the molecule is CC(=O)N1c2ccc(S(=O)(=O)NCC(C)CN3CCN(C)CC3)cc2CC1C. The van der Waals surface area contributed by atoms with E-state index >= 15 is 0 Å². The second-order valence-electron chi connectivity index (χ2n) is 8.29. The van der Waals surface area contributed by atoms with Gasteiger partial charge in [-0.1, -0.05) is 6.92 Å². The van der Waals surface area contributed by atoms with Gasteiger partial charge in [-0.25, -0.2) is 13.1 Å². The van der Waals surface area contributed by atoms with Crippen LogP contribution >= 0.6 is 0 Å². The molecule has 1 amide bonds. The maximum absolute atomic E-state index is 12.8. The molecule has 0 saturated carbocycles. The number of hydrogen-bond acceptors (Lipinski definition) is 5. The van der Waals surface area contributed by atoms with Gasteiger partial charge in [0.25, 0.3) is 0 Å². The highest BCUT2D eigenvalue weighted by Crippen LogP contribution is 2.33. The van der Waals surface area contributed by atoms with Crippen LogP contribution < -0.4 is 9.62 Å². The van der Waals surface area contributed by atoms with E-state index in [-0.39, 0.29) is 22.8 Å². The summed E-state index contributed by atoms with van der Waals surface area (Å²) in [6, 6.07) is 5.12. The van der Waals surface area contributed by atoms with Crippen LogP contribution in [0.5, 0.6) is 0 Å². The molecule has 8 heteroatoms. The first-order chi connectivity index (χ1) is 13.2. The summed E-state index contributed by atoms with van der Waals surface area (Å²) >= 11 is 0. The zero-order valence-corrected chi connectivity index (χ0v) is 18.1. The Morgan fingerprint density at radius 1 is 1.25 bits per heavy atom. The zero-order chi connectivity index (χ0) is 20.5. The Hall–Kier alpha value is -1.48.